The van der Waals surface area contributed by atoms with Crippen molar-refractivity contribution < 1.29 is 24.3 Å². The van der Waals surface area contributed by atoms with Crippen molar-refractivity contribution in [2.24, 2.45) is 23.7 Å². The maximum Gasteiger partial charge on any atom is 0.260 e. The molecule has 4 amide bonds. The molecular weight excluding hydrogens is 530 g/mol. The van der Waals surface area contributed by atoms with Crippen molar-refractivity contribution in [2.75, 3.05) is 5.43 Å². The van der Waals surface area contributed by atoms with E-state index in [-0.39, 0.29) is 35.8 Å². The number of hydrogen-bond donors (Lipinski definition) is 3. The van der Waals surface area contributed by atoms with Gasteiger partial charge in [0.25, 0.3) is 11.8 Å². The van der Waals surface area contributed by atoms with E-state index in [0.29, 0.717) is 23.2 Å². The molecule has 3 aromatic rings. The van der Waals surface area contributed by atoms with Gasteiger partial charge in [0.2, 0.25) is 11.8 Å². The van der Waals surface area contributed by atoms with Crippen molar-refractivity contribution in [1.82, 2.24) is 10.3 Å². The normalized spacial score (nSPS) is 29.9. The topological polar surface area (TPSA) is 116 Å². The maximum absolute atomic E-state index is 14.9. The highest BCUT2D eigenvalue weighted by Gasteiger charge is 2.69. The van der Waals surface area contributed by atoms with Gasteiger partial charge in [-0.05, 0) is 67.5 Å². The van der Waals surface area contributed by atoms with Gasteiger partial charge < -0.3 is 5.11 Å². The zero-order valence-electron chi connectivity index (χ0n) is 23.3. The Kier molecular flexibility index (Phi) is 5.87. The molecule has 0 bridgehead atoms. The van der Waals surface area contributed by atoms with Crippen LogP contribution in [0.15, 0.2) is 84.4 Å². The van der Waals surface area contributed by atoms with Crippen LogP contribution in [0.1, 0.15) is 41.0 Å². The second-order valence-electron chi connectivity index (χ2n) is 12.0. The summed E-state index contributed by atoms with van der Waals surface area (Å²) in [5, 5.41) is 14.1. The fourth-order valence-electron chi connectivity index (χ4n) is 7.89. The molecule has 1 saturated carbocycles. The van der Waals surface area contributed by atoms with Gasteiger partial charge in [-0.15, -0.1) is 0 Å². The van der Waals surface area contributed by atoms with Crippen LogP contribution >= 0.6 is 0 Å². The van der Waals surface area contributed by atoms with Crippen molar-refractivity contribution >= 4 is 29.3 Å². The fourth-order valence-corrected chi connectivity index (χ4v) is 7.89. The number of anilines is 1. The third-order valence-corrected chi connectivity index (χ3v) is 9.79. The van der Waals surface area contributed by atoms with Crippen molar-refractivity contribution in [3.8, 4) is 5.75 Å². The first kappa shape index (κ1) is 26.2. The third kappa shape index (κ3) is 3.60. The molecule has 0 aromatic heterocycles. The van der Waals surface area contributed by atoms with E-state index < -0.39 is 35.0 Å². The highest BCUT2D eigenvalue weighted by atomic mass is 16.3. The van der Waals surface area contributed by atoms with E-state index in [2.05, 4.69) is 10.7 Å². The quantitative estimate of drug-likeness (QED) is 0.324. The second-order valence-corrected chi connectivity index (χ2v) is 12.0. The molecule has 7 rings (SSSR count). The number of imide groups is 2. The monoisotopic (exact) mass is 561 g/mol. The van der Waals surface area contributed by atoms with Gasteiger partial charge in [-0.1, -0.05) is 71.8 Å². The van der Waals surface area contributed by atoms with Crippen LogP contribution in [0.25, 0.3) is 0 Å². The van der Waals surface area contributed by atoms with Crippen LogP contribution in [0.2, 0.25) is 0 Å². The average Bonchev–Trinajstić information content (AvgIpc) is 3.40. The van der Waals surface area contributed by atoms with Gasteiger partial charge in [-0.3, -0.25) is 29.9 Å². The van der Waals surface area contributed by atoms with E-state index in [1.54, 1.807) is 19.1 Å². The molecule has 2 aliphatic heterocycles. The third-order valence-electron chi connectivity index (χ3n) is 9.79. The van der Waals surface area contributed by atoms with Crippen LogP contribution in [0.3, 0.4) is 0 Å². The summed E-state index contributed by atoms with van der Waals surface area (Å²) in [6.07, 6.45) is 2.66. The summed E-state index contributed by atoms with van der Waals surface area (Å²) in [6.45, 7) is 3.76. The number of allylic oxidation sites excluding steroid dienone is 2. The zero-order valence-corrected chi connectivity index (χ0v) is 23.3. The molecule has 4 aliphatic rings. The smallest absolute Gasteiger partial charge is 0.260 e. The van der Waals surface area contributed by atoms with Gasteiger partial charge in [0.1, 0.15) is 5.75 Å². The minimum Gasteiger partial charge on any atom is -0.508 e. The lowest BCUT2D eigenvalue weighted by atomic mass is 9.49. The Morgan fingerprint density at radius 1 is 0.905 bits per heavy atom. The molecule has 8 nitrogen and oxygen atoms in total. The lowest BCUT2D eigenvalue weighted by Gasteiger charge is -2.50. The lowest BCUT2D eigenvalue weighted by molar-refractivity contribution is -0.138. The fraction of sp³-hybridized carbons (Fsp3) is 0.294. The van der Waals surface area contributed by atoms with Crippen molar-refractivity contribution in [3.05, 3.63) is 107 Å². The molecule has 0 radical (unpaired) electrons. The molecule has 6 unspecified atom stereocenters. The molecule has 6 atom stereocenters. The Bertz CT molecular complexity index is 1680. The average molecular weight is 562 g/mol. The summed E-state index contributed by atoms with van der Waals surface area (Å²) in [6, 6.07) is 22.2. The van der Waals surface area contributed by atoms with Crippen LogP contribution in [0, 0.1) is 37.5 Å². The molecule has 212 valence electrons. The lowest BCUT2D eigenvalue weighted by Crippen LogP contribution is -2.53. The minimum atomic E-state index is -1.31. The Morgan fingerprint density at radius 3 is 2.36 bits per heavy atom. The predicted octanol–water partition coefficient (Wildman–Crippen LogP) is 4.28. The summed E-state index contributed by atoms with van der Waals surface area (Å²) < 4.78 is 0. The summed E-state index contributed by atoms with van der Waals surface area (Å²) >= 11 is 0. The van der Waals surface area contributed by atoms with Gasteiger partial charge in [-0.2, -0.15) is 5.01 Å². The van der Waals surface area contributed by atoms with Gasteiger partial charge >= 0.3 is 0 Å². The first-order valence-electron chi connectivity index (χ1n) is 14.3. The standard InChI is InChI=1S/C34H31N3O5/c1-18-8-11-22(12-9-18)36-37-32(41)26-17-25-23(13-14-24-28(25)31(40)35-30(24)39)29(20-10-15-27(38)19(2)16-20)34(26,33(37)42)21-6-4-3-5-7-21/h3-13,15-16,24-26,28-29,36,38H,14,17H2,1-2H3,(H,35,39,40). The van der Waals surface area contributed by atoms with Crippen LogP contribution < -0.4 is 10.7 Å². The molecule has 2 saturated heterocycles. The molecule has 3 aromatic carbocycles. The number of hydrogen-bond acceptors (Lipinski definition) is 6. The molecule has 2 heterocycles. The molecule has 42 heavy (non-hydrogen) atoms. The van der Waals surface area contributed by atoms with Crippen molar-refractivity contribution in [1.29, 1.82) is 0 Å². The number of carbonyl (C=O) groups is 4. The number of phenolic OH excluding ortho intramolecular Hbond substituents is 1. The van der Waals surface area contributed by atoms with Crippen molar-refractivity contribution in [3.63, 3.8) is 0 Å². The summed E-state index contributed by atoms with van der Waals surface area (Å²) in [5.41, 5.74) is 6.47. The number of carbonyl (C=O) groups excluding carboxylic acids is 4. The number of fused-ring (bicyclic) bond motifs is 4. The van der Waals surface area contributed by atoms with Crippen molar-refractivity contribution in [2.45, 2.75) is 38.0 Å². The van der Waals surface area contributed by atoms with Gasteiger partial charge in [-0.25, -0.2) is 0 Å². The molecule has 3 N–H and O–H groups in total. The van der Waals surface area contributed by atoms with Gasteiger partial charge in [0.05, 0.1) is 28.9 Å². The number of nitrogens with zero attached hydrogens (tertiary/aromatic N) is 1. The van der Waals surface area contributed by atoms with Crippen LogP contribution in [0.5, 0.6) is 5.75 Å². The molecule has 8 heteroatoms. The van der Waals surface area contributed by atoms with Gasteiger partial charge in [0, 0.05) is 5.92 Å². The van der Waals surface area contributed by atoms with E-state index in [4.69, 9.17) is 0 Å². The Morgan fingerprint density at radius 2 is 1.64 bits per heavy atom. The SMILES string of the molecule is Cc1ccc(NN2C(=O)C3CC4C(=CCC5C(=O)NC(=O)C54)C(c4ccc(O)c(C)c4)C3(c3ccccc3)C2=O)cc1. The number of phenols is 1. The van der Waals surface area contributed by atoms with E-state index >= 15 is 0 Å². The molecule has 2 aliphatic carbocycles. The predicted molar refractivity (Wildman–Crippen MR) is 155 cm³/mol. The summed E-state index contributed by atoms with van der Waals surface area (Å²) in [4.78, 5) is 55.2. The highest BCUT2D eigenvalue weighted by molar-refractivity contribution is 6.13. The van der Waals surface area contributed by atoms with E-state index in [1.165, 1.54) is 0 Å². The first-order valence-corrected chi connectivity index (χ1v) is 14.3. The molecule has 3 fully saturated rings. The number of aryl methyl sites for hydroxylation is 2. The maximum atomic E-state index is 14.9. The van der Waals surface area contributed by atoms with Crippen LogP contribution in [-0.4, -0.2) is 33.7 Å². The minimum absolute atomic E-state index is 0.131. The molecule has 0 spiro atoms. The molecular formula is C34H31N3O5. The second kappa shape index (κ2) is 9.41. The first-order chi connectivity index (χ1) is 20.2. The summed E-state index contributed by atoms with van der Waals surface area (Å²) in [7, 11) is 0. The Hall–Kier alpha value is -4.72. The highest BCUT2D eigenvalue weighted by Crippen LogP contribution is 2.63. The zero-order chi connectivity index (χ0) is 29.3. The largest absolute Gasteiger partial charge is 0.508 e. The number of rotatable bonds is 4. The van der Waals surface area contributed by atoms with E-state index in [0.717, 1.165) is 21.7 Å². The number of aromatic hydroxyl groups is 1. The Balaban J connectivity index is 1.47. The van der Waals surface area contributed by atoms with E-state index in [1.807, 2.05) is 73.7 Å². The Labute approximate surface area is 243 Å². The van der Waals surface area contributed by atoms with E-state index in [9.17, 15) is 24.3 Å². The number of hydrazine groups is 1. The number of amides is 4. The van der Waals surface area contributed by atoms with Crippen LogP contribution in [0.4, 0.5) is 5.69 Å². The summed E-state index contributed by atoms with van der Waals surface area (Å²) in [5.74, 6) is -4.10. The number of benzene rings is 3. The van der Waals surface area contributed by atoms with Gasteiger partial charge in [0.15, 0.2) is 0 Å². The number of nitrogens with one attached hydrogen (secondary N) is 2. The van der Waals surface area contributed by atoms with Crippen LogP contribution in [-0.2, 0) is 24.6 Å².